The van der Waals surface area contributed by atoms with Gasteiger partial charge in [-0.3, -0.25) is 9.69 Å². The predicted molar refractivity (Wildman–Crippen MR) is 139 cm³/mol. The highest BCUT2D eigenvalue weighted by atomic mass is 16.5. The van der Waals surface area contributed by atoms with Gasteiger partial charge in [-0.15, -0.1) is 0 Å². The van der Waals surface area contributed by atoms with Gasteiger partial charge in [0.1, 0.15) is 17.2 Å². The molecule has 7 heteroatoms. The quantitative estimate of drug-likeness (QED) is 0.203. The van der Waals surface area contributed by atoms with Crippen molar-refractivity contribution in [1.29, 1.82) is 0 Å². The van der Waals surface area contributed by atoms with Gasteiger partial charge in [-0.05, 0) is 88.2 Å². The first-order chi connectivity index (χ1) is 16.8. The van der Waals surface area contributed by atoms with Crippen molar-refractivity contribution >= 4 is 17.6 Å². The maximum Gasteiger partial charge on any atom is 0.397 e. The van der Waals surface area contributed by atoms with Crippen molar-refractivity contribution in [2.75, 3.05) is 25.0 Å². The summed E-state index contributed by atoms with van der Waals surface area (Å²) >= 11 is 0. The van der Waals surface area contributed by atoms with Crippen molar-refractivity contribution in [3.05, 3.63) is 47.0 Å². The largest absolute Gasteiger partial charge is 0.508 e. The van der Waals surface area contributed by atoms with E-state index in [1.165, 1.54) is 19.3 Å². The van der Waals surface area contributed by atoms with E-state index >= 15 is 0 Å². The molecule has 2 aromatic carbocycles. The highest BCUT2D eigenvalue weighted by molar-refractivity contribution is 6.37. The molecule has 0 atom stereocenters. The molecule has 0 saturated carbocycles. The van der Waals surface area contributed by atoms with Crippen molar-refractivity contribution in [3.8, 4) is 17.2 Å². The molecule has 0 aromatic heterocycles. The smallest absolute Gasteiger partial charge is 0.397 e. The second kappa shape index (κ2) is 14.4. The average Bonchev–Trinajstić information content (AvgIpc) is 2.81. The third-order valence-electron chi connectivity index (χ3n) is 5.71. The topological polar surface area (TPSA) is 88.1 Å². The van der Waals surface area contributed by atoms with Gasteiger partial charge in [-0.2, -0.15) is 0 Å². The third-order valence-corrected chi connectivity index (χ3v) is 5.71. The molecule has 35 heavy (non-hydrogen) atoms. The number of nitrogens with zero attached hydrogens (tertiary/aromatic N) is 1. The molecule has 0 bridgehead atoms. The Balaban J connectivity index is 2.14. The van der Waals surface area contributed by atoms with Crippen LogP contribution in [-0.2, 0) is 20.9 Å². The standard InChI is InChI=1S/C28H40N2O5/c1-6-9-10-11-15-30(14-7-2)19-22-18-24(12-13-25(22)31)35-26-20(4)16-23(17-21(26)5)29-27(32)28(33)34-8-3/h12-13,16-18,31H,6-11,14-15,19H2,1-5H3,(H,29,32). The summed E-state index contributed by atoms with van der Waals surface area (Å²) in [5.74, 6) is -0.163. The van der Waals surface area contributed by atoms with Gasteiger partial charge in [0.2, 0.25) is 0 Å². The first-order valence-corrected chi connectivity index (χ1v) is 12.6. The zero-order valence-electron chi connectivity index (χ0n) is 21.8. The highest BCUT2D eigenvalue weighted by Crippen LogP contribution is 2.33. The van der Waals surface area contributed by atoms with Gasteiger partial charge < -0.3 is 19.9 Å². The lowest BCUT2D eigenvalue weighted by atomic mass is 10.1. The number of ether oxygens (including phenoxy) is 2. The van der Waals surface area contributed by atoms with Crippen LogP contribution in [0.5, 0.6) is 17.2 Å². The zero-order chi connectivity index (χ0) is 25.8. The molecule has 0 fully saturated rings. The fourth-order valence-corrected chi connectivity index (χ4v) is 4.02. The Morgan fingerprint density at radius 2 is 1.66 bits per heavy atom. The summed E-state index contributed by atoms with van der Waals surface area (Å²) < 4.78 is 10.9. The number of carbonyl (C=O) groups excluding carboxylic acids is 2. The van der Waals surface area contributed by atoms with Crippen molar-refractivity contribution in [2.24, 2.45) is 0 Å². The molecule has 0 heterocycles. The minimum atomic E-state index is -0.915. The number of aromatic hydroxyl groups is 1. The molecule has 2 rings (SSSR count). The number of nitrogens with one attached hydrogen (secondary N) is 1. The molecule has 0 saturated heterocycles. The van der Waals surface area contributed by atoms with E-state index in [1.807, 2.05) is 19.9 Å². The lowest BCUT2D eigenvalue weighted by molar-refractivity contribution is -0.152. The number of aryl methyl sites for hydroxylation is 2. The Bertz CT molecular complexity index is 966. The number of carbonyl (C=O) groups is 2. The van der Waals surface area contributed by atoms with Gasteiger partial charge in [0.15, 0.2) is 0 Å². The van der Waals surface area contributed by atoms with Crippen molar-refractivity contribution < 1.29 is 24.2 Å². The van der Waals surface area contributed by atoms with Crippen LogP contribution in [-0.4, -0.2) is 41.6 Å². The zero-order valence-corrected chi connectivity index (χ0v) is 21.8. The molecule has 0 aliphatic heterocycles. The number of hydrogen-bond donors (Lipinski definition) is 2. The first kappa shape index (κ1) is 28.2. The van der Waals surface area contributed by atoms with Gasteiger partial charge in [0, 0.05) is 17.8 Å². The molecule has 0 aliphatic rings. The minimum absolute atomic E-state index is 0.140. The average molecular weight is 485 g/mol. The Morgan fingerprint density at radius 1 is 0.943 bits per heavy atom. The van der Waals surface area contributed by atoms with E-state index in [1.54, 1.807) is 31.2 Å². The molecule has 1 amide bonds. The first-order valence-electron chi connectivity index (χ1n) is 12.6. The summed E-state index contributed by atoms with van der Waals surface area (Å²) in [5, 5.41) is 13.0. The summed E-state index contributed by atoms with van der Waals surface area (Å²) in [5.41, 5.74) is 2.94. The van der Waals surface area contributed by atoms with Gasteiger partial charge in [0.05, 0.1) is 6.61 Å². The normalized spacial score (nSPS) is 10.9. The van der Waals surface area contributed by atoms with E-state index in [-0.39, 0.29) is 12.4 Å². The molecule has 2 aromatic rings. The fourth-order valence-electron chi connectivity index (χ4n) is 4.02. The van der Waals surface area contributed by atoms with Gasteiger partial charge in [-0.1, -0.05) is 33.1 Å². The third kappa shape index (κ3) is 8.91. The van der Waals surface area contributed by atoms with E-state index in [0.29, 0.717) is 23.7 Å². The molecule has 0 aliphatic carbocycles. The summed E-state index contributed by atoms with van der Waals surface area (Å²) in [7, 11) is 0. The van der Waals surface area contributed by atoms with E-state index < -0.39 is 11.9 Å². The van der Waals surface area contributed by atoms with Crippen LogP contribution >= 0.6 is 0 Å². The number of rotatable bonds is 13. The molecule has 0 spiro atoms. The molecule has 0 unspecified atom stereocenters. The lowest BCUT2D eigenvalue weighted by Crippen LogP contribution is -2.25. The Labute approximate surface area is 209 Å². The van der Waals surface area contributed by atoms with Crippen LogP contribution in [0, 0.1) is 13.8 Å². The lowest BCUT2D eigenvalue weighted by Gasteiger charge is -2.23. The van der Waals surface area contributed by atoms with Crippen LogP contribution in [0.1, 0.15) is 69.6 Å². The highest BCUT2D eigenvalue weighted by Gasteiger charge is 2.17. The van der Waals surface area contributed by atoms with Crippen LogP contribution in [0.2, 0.25) is 0 Å². The van der Waals surface area contributed by atoms with Crippen molar-refractivity contribution in [3.63, 3.8) is 0 Å². The molecule has 7 nitrogen and oxygen atoms in total. The number of amides is 1. The van der Waals surface area contributed by atoms with Gasteiger partial charge in [0.25, 0.3) is 0 Å². The van der Waals surface area contributed by atoms with Crippen LogP contribution in [0.3, 0.4) is 0 Å². The predicted octanol–water partition coefficient (Wildman–Crippen LogP) is 6.10. The maximum absolute atomic E-state index is 12.0. The molecule has 192 valence electrons. The number of esters is 1. The second-order valence-corrected chi connectivity index (χ2v) is 8.84. The van der Waals surface area contributed by atoms with Crippen molar-refractivity contribution in [1.82, 2.24) is 4.90 Å². The summed E-state index contributed by atoms with van der Waals surface area (Å²) in [6, 6.07) is 8.81. The van der Waals surface area contributed by atoms with E-state index in [2.05, 4.69) is 24.1 Å². The SMILES string of the molecule is CCCCCCN(CCC)Cc1cc(Oc2c(C)cc(NC(=O)C(=O)OCC)cc2C)ccc1O. The van der Waals surface area contributed by atoms with E-state index in [4.69, 9.17) is 9.47 Å². The molecular formula is C28H40N2O5. The Morgan fingerprint density at radius 3 is 2.29 bits per heavy atom. The Hall–Kier alpha value is -3.06. The van der Waals surface area contributed by atoms with Gasteiger partial charge >= 0.3 is 11.9 Å². The van der Waals surface area contributed by atoms with Crippen molar-refractivity contribution in [2.45, 2.75) is 73.3 Å². The Kier molecular flexibility index (Phi) is 11.6. The van der Waals surface area contributed by atoms with Crippen LogP contribution in [0.4, 0.5) is 5.69 Å². The van der Waals surface area contributed by atoms with Crippen LogP contribution < -0.4 is 10.1 Å². The van der Waals surface area contributed by atoms with E-state index in [9.17, 15) is 14.7 Å². The number of anilines is 1. The second-order valence-electron chi connectivity index (χ2n) is 8.84. The van der Waals surface area contributed by atoms with Gasteiger partial charge in [-0.25, -0.2) is 4.79 Å². The summed E-state index contributed by atoms with van der Waals surface area (Å²) in [4.78, 5) is 25.9. The minimum Gasteiger partial charge on any atom is -0.508 e. The summed E-state index contributed by atoms with van der Waals surface area (Å²) in [6.07, 6.45) is 5.90. The maximum atomic E-state index is 12.0. The molecule has 2 N–H and O–H groups in total. The number of phenols is 1. The number of unbranched alkanes of at least 4 members (excludes halogenated alkanes) is 3. The number of benzene rings is 2. The molecular weight excluding hydrogens is 444 g/mol. The monoisotopic (exact) mass is 484 g/mol. The van der Waals surface area contributed by atoms with Crippen LogP contribution in [0.15, 0.2) is 30.3 Å². The number of hydrogen-bond acceptors (Lipinski definition) is 6. The molecule has 0 radical (unpaired) electrons. The fraction of sp³-hybridized carbons (Fsp3) is 0.500. The summed E-state index contributed by atoms with van der Waals surface area (Å²) in [6.45, 7) is 12.6. The number of phenolic OH excluding ortho intramolecular Hbond substituents is 1. The van der Waals surface area contributed by atoms with E-state index in [0.717, 1.165) is 42.6 Å². The van der Waals surface area contributed by atoms with Crippen LogP contribution in [0.25, 0.3) is 0 Å².